The summed E-state index contributed by atoms with van der Waals surface area (Å²) >= 11 is 0. The van der Waals surface area contributed by atoms with Gasteiger partial charge in [-0.15, -0.1) is 0 Å². The lowest BCUT2D eigenvalue weighted by molar-refractivity contribution is -0.153. The summed E-state index contributed by atoms with van der Waals surface area (Å²) in [6.45, 7) is 7.10. The van der Waals surface area contributed by atoms with Gasteiger partial charge in [0.1, 0.15) is 5.75 Å². The standard InChI is InChI=1S/C16H20O5/c1-10(2)15(17)21-14(11(3)16(18)20-5)12-8-6-7-9-13(12)19-4/h6-10,14H,3H2,1-2,4-5H3/t14-/m0/s1. The molecule has 0 saturated heterocycles. The van der Waals surface area contributed by atoms with Gasteiger partial charge in [0, 0.05) is 5.56 Å². The largest absolute Gasteiger partial charge is 0.496 e. The van der Waals surface area contributed by atoms with Gasteiger partial charge in [0.05, 0.1) is 25.7 Å². The minimum atomic E-state index is -0.941. The Bertz CT molecular complexity index is 533. The minimum Gasteiger partial charge on any atom is -0.496 e. The maximum absolute atomic E-state index is 11.9. The van der Waals surface area contributed by atoms with Gasteiger partial charge >= 0.3 is 11.9 Å². The number of ether oxygens (including phenoxy) is 3. The molecule has 0 aliphatic carbocycles. The quantitative estimate of drug-likeness (QED) is 0.596. The van der Waals surface area contributed by atoms with E-state index in [1.807, 2.05) is 0 Å². The van der Waals surface area contributed by atoms with Gasteiger partial charge in [0.25, 0.3) is 0 Å². The van der Waals surface area contributed by atoms with Crippen molar-refractivity contribution in [3.63, 3.8) is 0 Å². The third kappa shape index (κ3) is 4.08. The monoisotopic (exact) mass is 292 g/mol. The van der Waals surface area contributed by atoms with Gasteiger partial charge in [0.15, 0.2) is 6.10 Å². The van der Waals surface area contributed by atoms with Crippen molar-refractivity contribution in [1.29, 1.82) is 0 Å². The van der Waals surface area contributed by atoms with Crippen LogP contribution < -0.4 is 4.74 Å². The summed E-state index contributed by atoms with van der Waals surface area (Å²) in [5.41, 5.74) is 0.584. The average Bonchev–Trinajstić information content (AvgIpc) is 2.50. The summed E-state index contributed by atoms with van der Waals surface area (Å²) in [6.07, 6.45) is -0.941. The number of rotatable bonds is 6. The summed E-state index contributed by atoms with van der Waals surface area (Å²) in [4.78, 5) is 23.6. The second-order valence-corrected chi connectivity index (χ2v) is 4.73. The molecule has 0 N–H and O–H groups in total. The zero-order chi connectivity index (χ0) is 16.0. The van der Waals surface area contributed by atoms with Gasteiger partial charge in [-0.25, -0.2) is 4.79 Å². The zero-order valence-electron chi connectivity index (χ0n) is 12.7. The molecule has 0 unspecified atom stereocenters. The fourth-order valence-corrected chi connectivity index (χ4v) is 1.70. The van der Waals surface area contributed by atoms with Crippen LogP contribution in [0.1, 0.15) is 25.5 Å². The summed E-state index contributed by atoms with van der Waals surface area (Å²) in [5.74, 6) is -0.893. The maximum atomic E-state index is 11.9. The van der Waals surface area contributed by atoms with Gasteiger partial charge in [-0.2, -0.15) is 0 Å². The van der Waals surface area contributed by atoms with Gasteiger partial charge < -0.3 is 14.2 Å². The molecule has 114 valence electrons. The Morgan fingerprint density at radius 1 is 1.14 bits per heavy atom. The second-order valence-electron chi connectivity index (χ2n) is 4.73. The van der Waals surface area contributed by atoms with Crippen LogP contribution >= 0.6 is 0 Å². The van der Waals surface area contributed by atoms with Crippen molar-refractivity contribution in [3.8, 4) is 5.75 Å². The SMILES string of the molecule is C=C(C(=O)OC)[C@H](OC(=O)C(C)C)c1ccccc1OC. The molecule has 0 bridgehead atoms. The van der Waals surface area contributed by atoms with Crippen LogP contribution in [0.4, 0.5) is 0 Å². The Morgan fingerprint density at radius 2 is 1.76 bits per heavy atom. The second kappa shape index (κ2) is 7.47. The van der Waals surface area contributed by atoms with Crippen molar-refractivity contribution >= 4 is 11.9 Å². The molecule has 0 heterocycles. The molecule has 1 aromatic carbocycles. The first-order valence-electron chi connectivity index (χ1n) is 6.52. The lowest BCUT2D eigenvalue weighted by atomic mass is 10.0. The molecule has 1 atom stereocenters. The van der Waals surface area contributed by atoms with E-state index in [1.54, 1.807) is 38.1 Å². The fraction of sp³-hybridized carbons (Fsp3) is 0.375. The number of carbonyl (C=O) groups is 2. The summed E-state index contributed by atoms with van der Waals surface area (Å²) < 4.78 is 15.3. The van der Waals surface area contributed by atoms with E-state index in [2.05, 4.69) is 11.3 Å². The molecule has 0 aliphatic heterocycles. The number of benzene rings is 1. The number of esters is 2. The lowest BCUT2D eigenvalue weighted by Gasteiger charge is -2.22. The van der Waals surface area contributed by atoms with E-state index in [1.165, 1.54) is 14.2 Å². The van der Waals surface area contributed by atoms with E-state index in [4.69, 9.17) is 9.47 Å². The Morgan fingerprint density at radius 3 is 2.29 bits per heavy atom. The number of hydrogen-bond donors (Lipinski definition) is 0. The lowest BCUT2D eigenvalue weighted by Crippen LogP contribution is -2.21. The molecule has 0 aromatic heterocycles. The normalized spacial score (nSPS) is 11.7. The number of hydrogen-bond acceptors (Lipinski definition) is 5. The van der Waals surface area contributed by atoms with Crippen molar-refractivity contribution < 1.29 is 23.8 Å². The van der Waals surface area contributed by atoms with Crippen molar-refractivity contribution in [2.24, 2.45) is 5.92 Å². The Hall–Kier alpha value is -2.30. The number of carbonyl (C=O) groups excluding carboxylic acids is 2. The predicted molar refractivity (Wildman–Crippen MR) is 77.8 cm³/mol. The number of methoxy groups -OCH3 is 2. The average molecular weight is 292 g/mol. The first-order valence-corrected chi connectivity index (χ1v) is 6.52. The van der Waals surface area contributed by atoms with E-state index >= 15 is 0 Å². The van der Waals surface area contributed by atoms with Crippen LogP contribution in [0.25, 0.3) is 0 Å². The van der Waals surface area contributed by atoms with Crippen LogP contribution in [-0.2, 0) is 19.1 Å². The highest BCUT2D eigenvalue weighted by molar-refractivity contribution is 5.90. The molecular weight excluding hydrogens is 272 g/mol. The fourth-order valence-electron chi connectivity index (χ4n) is 1.70. The van der Waals surface area contributed by atoms with E-state index < -0.39 is 18.0 Å². The molecule has 5 heteroatoms. The molecule has 0 radical (unpaired) electrons. The van der Waals surface area contributed by atoms with Gasteiger partial charge in [-0.1, -0.05) is 38.6 Å². The van der Waals surface area contributed by atoms with Crippen LogP contribution in [0.5, 0.6) is 5.75 Å². The Labute approximate surface area is 124 Å². The van der Waals surface area contributed by atoms with Crippen LogP contribution in [0.15, 0.2) is 36.4 Å². The molecule has 0 fully saturated rings. The van der Waals surface area contributed by atoms with Crippen molar-refractivity contribution in [2.45, 2.75) is 20.0 Å². The molecule has 1 aromatic rings. The van der Waals surface area contributed by atoms with E-state index in [-0.39, 0.29) is 11.5 Å². The highest BCUT2D eigenvalue weighted by Gasteiger charge is 2.28. The Balaban J connectivity index is 3.21. The highest BCUT2D eigenvalue weighted by atomic mass is 16.6. The van der Waals surface area contributed by atoms with E-state index in [0.29, 0.717) is 11.3 Å². The van der Waals surface area contributed by atoms with Gasteiger partial charge in [0.2, 0.25) is 0 Å². The molecule has 1 rings (SSSR count). The molecule has 0 aliphatic rings. The maximum Gasteiger partial charge on any atom is 0.337 e. The van der Waals surface area contributed by atoms with Crippen LogP contribution in [-0.4, -0.2) is 26.2 Å². The third-order valence-corrected chi connectivity index (χ3v) is 2.89. The van der Waals surface area contributed by atoms with Crippen LogP contribution in [0, 0.1) is 5.92 Å². The highest BCUT2D eigenvalue weighted by Crippen LogP contribution is 2.33. The predicted octanol–water partition coefficient (Wildman–Crippen LogP) is 2.66. The van der Waals surface area contributed by atoms with Crippen molar-refractivity contribution in [2.75, 3.05) is 14.2 Å². The molecule has 0 saturated carbocycles. The van der Waals surface area contributed by atoms with Crippen LogP contribution in [0.3, 0.4) is 0 Å². The van der Waals surface area contributed by atoms with Crippen molar-refractivity contribution in [1.82, 2.24) is 0 Å². The molecular formula is C16H20O5. The summed E-state index contributed by atoms with van der Waals surface area (Å²) in [5, 5.41) is 0. The molecule has 0 spiro atoms. The smallest absolute Gasteiger partial charge is 0.337 e. The topological polar surface area (TPSA) is 61.8 Å². The molecule has 0 amide bonds. The van der Waals surface area contributed by atoms with Gasteiger partial charge in [-0.3, -0.25) is 4.79 Å². The van der Waals surface area contributed by atoms with Gasteiger partial charge in [-0.05, 0) is 6.07 Å². The Kier molecular flexibility index (Phi) is 5.96. The number of para-hydroxylation sites is 1. The van der Waals surface area contributed by atoms with E-state index in [9.17, 15) is 9.59 Å². The third-order valence-electron chi connectivity index (χ3n) is 2.89. The molecule has 5 nitrogen and oxygen atoms in total. The minimum absolute atomic E-state index is 0.0380. The zero-order valence-corrected chi connectivity index (χ0v) is 12.7. The van der Waals surface area contributed by atoms with Crippen molar-refractivity contribution in [3.05, 3.63) is 42.0 Å². The summed E-state index contributed by atoms with van der Waals surface area (Å²) in [6, 6.07) is 6.98. The van der Waals surface area contributed by atoms with Crippen LogP contribution in [0.2, 0.25) is 0 Å². The first-order chi connectivity index (χ1) is 9.92. The van der Waals surface area contributed by atoms with E-state index in [0.717, 1.165) is 0 Å². The summed E-state index contributed by atoms with van der Waals surface area (Å²) in [7, 11) is 2.75. The first kappa shape index (κ1) is 16.8. The molecule has 21 heavy (non-hydrogen) atoms.